The summed E-state index contributed by atoms with van der Waals surface area (Å²) >= 11 is 0. The van der Waals surface area contributed by atoms with E-state index in [1.54, 1.807) is 6.07 Å². The molecule has 6 nitrogen and oxygen atoms in total. The van der Waals surface area contributed by atoms with Crippen LogP contribution in [-0.2, 0) is 10.0 Å². The lowest BCUT2D eigenvalue weighted by molar-refractivity contribution is 0.0946. The number of amides is 1. The molecule has 1 amide bonds. The number of carbonyl (C=O) groups excluding carboxylic acids is 1. The molecule has 0 unspecified atom stereocenters. The van der Waals surface area contributed by atoms with Crippen molar-refractivity contribution in [1.29, 1.82) is 0 Å². The van der Waals surface area contributed by atoms with E-state index in [1.165, 1.54) is 25.2 Å². The molecule has 0 radical (unpaired) electrons. The number of hydrogen-bond acceptors (Lipinski definition) is 4. The Morgan fingerprint density at radius 3 is 2.58 bits per heavy atom. The van der Waals surface area contributed by atoms with Gasteiger partial charge in [0.25, 0.3) is 5.91 Å². The van der Waals surface area contributed by atoms with Crippen LogP contribution >= 0.6 is 0 Å². The van der Waals surface area contributed by atoms with E-state index in [1.807, 2.05) is 31.2 Å². The second-order valence-electron chi connectivity index (χ2n) is 5.16. The molecule has 2 rings (SSSR count). The average Bonchev–Trinajstić information content (AvgIpc) is 2.58. The van der Waals surface area contributed by atoms with Crippen molar-refractivity contribution < 1.29 is 17.9 Å². The summed E-state index contributed by atoms with van der Waals surface area (Å²) in [5, 5.41) is 2.70. The lowest BCUT2D eigenvalue weighted by Crippen LogP contribution is -2.28. The van der Waals surface area contributed by atoms with E-state index in [9.17, 15) is 13.2 Å². The van der Waals surface area contributed by atoms with Gasteiger partial charge in [0.1, 0.15) is 12.4 Å². The van der Waals surface area contributed by atoms with Gasteiger partial charge in [-0.05, 0) is 49.9 Å². The van der Waals surface area contributed by atoms with Crippen LogP contribution in [0.2, 0.25) is 0 Å². The van der Waals surface area contributed by atoms with E-state index in [0.29, 0.717) is 13.2 Å². The minimum atomic E-state index is -3.57. The Hall–Kier alpha value is -2.38. The van der Waals surface area contributed by atoms with Crippen molar-refractivity contribution in [3.05, 3.63) is 59.7 Å². The van der Waals surface area contributed by atoms with Crippen LogP contribution in [0, 0.1) is 6.92 Å². The Bertz CT molecular complexity index is 819. The van der Waals surface area contributed by atoms with Crippen molar-refractivity contribution in [1.82, 2.24) is 10.0 Å². The molecular weight excluding hydrogens is 328 g/mol. The van der Waals surface area contributed by atoms with Gasteiger partial charge in [-0.25, -0.2) is 13.1 Å². The van der Waals surface area contributed by atoms with Crippen LogP contribution in [0.4, 0.5) is 0 Å². The molecule has 0 saturated heterocycles. The van der Waals surface area contributed by atoms with Crippen molar-refractivity contribution in [2.75, 3.05) is 20.2 Å². The predicted molar refractivity (Wildman–Crippen MR) is 91.7 cm³/mol. The normalized spacial score (nSPS) is 11.1. The molecule has 0 atom stereocenters. The van der Waals surface area contributed by atoms with E-state index < -0.39 is 10.0 Å². The van der Waals surface area contributed by atoms with Crippen LogP contribution in [0.1, 0.15) is 15.9 Å². The van der Waals surface area contributed by atoms with Gasteiger partial charge in [-0.3, -0.25) is 4.79 Å². The second-order valence-corrected chi connectivity index (χ2v) is 7.04. The first-order valence-electron chi connectivity index (χ1n) is 7.43. The second kappa shape index (κ2) is 7.94. The molecule has 0 spiro atoms. The lowest BCUT2D eigenvalue weighted by atomic mass is 10.2. The number of carbonyl (C=O) groups is 1. The van der Waals surface area contributed by atoms with E-state index in [4.69, 9.17) is 4.74 Å². The first kappa shape index (κ1) is 18.0. The highest BCUT2D eigenvalue weighted by molar-refractivity contribution is 7.89. The fourth-order valence-electron chi connectivity index (χ4n) is 2.06. The molecule has 0 fully saturated rings. The lowest BCUT2D eigenvalue weighted by Gasteiger charge is -2.09. The molecule has 0 aliphatic carbocycles. The van der Waals surface area contributed by atoms with Gasteiger partial charge in [-0.15, -0.1) is 0 Å². The quantitative estimate of drug-likeness (QED) is 0.746. The molecule has 0 heterocycles. The Balaban J connectivity index is 1.90. The van der Waals surface area contributed by atoms with Gasteiger partial charge >= 0.3 is 0 Å². The highest BCUT2D eigenvalue weighted by Crippen LogP contribution is 2.12. The van der Waals surface area contributed by atoms with Crippen LogP contribution in [0.25, 0.3) is 0 Å². The van der Waals surface area contributed by atoms with E-state index in [-0.39, 0.29) is 16.4 Å². The predicted octanol–water partition coefficient (Wildman–Crippen LogP) is 1.71. The molecule has 0 aliphatic heterocycles. The Kier molecular flexibility index (Phi) is 5.94. The third-order valence-electron chi connectivity index (χ3n) is 3.32. The zero-order valence-electron chi connectivity index (χ0n) is 13.6. The molecule has 0 bridgehead atoms. The van der Waals surface area contributed by atoms with Gasteiger partial charge in [0.15, 0.2) is 0 Å². The molecule has 2 aromatic rings. The van der Waals surface area contributed by atoms with Gasteiger partial charge in [0, 0.05) is 5.56 Å². The maximum Gasteiger partial charge on any atom is 0.251 e. The van der Waals surface area contributed by atoms with Crippen molar-refractivity contribution in [3.8, 4) is 5.75 Å². The van der Waals surface area contributed by atoms with Crippen LogP contribution in [0.3, 0.4) is 0 Å². The summed E-state index contributed by atoms with van der Waals surface area (Å²) in [6.07, 6.45) is 0. The van der Waals surface area contributed by atoms with E-state index >= 15 is 0 Å². The van der Waals surface area contributed by atoms with Crippen LogP contribution in [0.5, 0.6) is 5.75 Å². The zero-order valence-corrected chi connectivity index (χ0v) is 14.4. The molecule has 2 aromatic carbocycles. The fraction of sp³-hybridized carbons (Fsp3) is 0.235. The fourth-order valence-corrected chi connectivity index (χ4v) is 2.84. The zero-order chi connectivity index (χ0) is 17.6. The first-order chi connectivity index (χ1) is 11.4. The molecular formula is C17H20N2O4S. The smallest absolute Gasteiger partial charge is 0.251 e. The summed E-state index contributed by atoms with van der Waals surface area (Å²) in [7, 11) is -2.25. The molecule has 0 aliphatic rings. The number of ether oxygens (including phenoxy) is 1. The van der Waals surface area contributed by atoms with Gasteiger partial charge in [-0.1, -0.05) is 18.2 Å². The molecule has 24 heavy (non-hydrogen) atoms. The molecule has 2 N–H and O–H groups in total. The summed E-state index contributed by atoms with van der Waals surface area (Å²) in [5.74, 6) is 0.391. The van der Waals surface area contributed by atoms with Crippen LogP contribution < -0.4 is 14.8 Å². The maximum atomic E-state index is 12.1. The monoisotopic (exact) mass is 348 g/mol. The summed E-state index contributed by atoms with van der Waals surface area (Å²) in [5.41, 5.74) is 1.38. The number of aryl methyl sites for hydroxylation is 1. The number of sulfonamides is 1. The van der Waals surface area contributed by atoms with E-state index in [0.717, 1.165) is 11.3 Å². The molecule has 0 saturated carbocycles. The van der Waals surface area contributed by atoms with Gasteiger partial charge in [0.2, 0.25) is 10.0 Å². The maximum absolute atomic E-state index is 12.1. The van der Waals surface area contributed by atoms with Crippen LogP contribution in [0.15, 0.2) is 53.4 Å². The Morgan fingerprint density at radius 2 is 1.88 bits per heavy atom. The van der Waals surface area contributed by atoms with E-state index in [2.05, 4.69) is 10.0 Å². The van der Waals surface area contributed by atoms with Crippen LogP contribution in [-0.4, -0.2) is 34.5 Å². The van der Waals surface area contributed by atoms with Crippen molar-refractivity contribution in [2.24, 2.45) is 0 Å². The van der Waals surface area contributed by atoms with Gasteiger partial charge in [-0.2, -0.15) is 0 Å². The Labute approximate surface area is 141 Å². The third-order valence-corrected chi connectivity index (χ3v) is 4.73. The van der Waals surface area contributed by atoms with Crippen molar-refractivity contribution in [3.63, 3.8) is 0 Å². The highest BCUT2D eigenvalue weighted by Gasteiger charge is 2.14. The molecule has 7 heteroatoms. The summed E-state index contributed by atoms with van der Waals surface area (Å²) < 4.78 is 31.3. The average molecular weight is 348 g/mol. The standard InChI is InChI=1S/C17H20N2O4S/c1-13-5-3-7-15(11-13)23-10-9-19-17(20)14-6-4-8-16(12-14)24(21,22)18-2/h3-8,11-12,18H,9-10H2,1-2H3,(H,19,20). The molecule has 0 aromatic heterocycles. The number of benzene rings is 2. The summed E-state index contributed by atoms with van der Waals surface area (Å²) in [4.78, 5) is 12.1. The summed E-state index contributed by atoms with van der Waals surface area (Å²) in [6.45, 7) is 2.61. The number of hydrogen-bond donors (Lipinski definition) is 2. The number of rotatable bonds is 7. The highest BCUT2D eigenvalue weighted by atomic mass is 32.2. The summed E-state index contributed by atoms with van der Waals surface area (Å²) in [6, 6.07) is 13.5. The first-order valence-corrected chi connectivity index (χ1v) is 8.92. The largest absolute Gasteiger partial charge is 0.492 e. The minimum Gasteiger partial charge on any atom is -0.492 e. The molecule has 128 valence electrons. The van der Waals surface area contributed by atoms with Gasteiger partial charge < -0.3 is 10.1 Å². The SMILES string of the molecule is CNS(=O)(=O)c1cccc(C(=O)NCCOc2cccc(C)c2)c1. The number of nitrogens with one attached hydrogen (secondary N) is 2. The Morgan fingerprint density at radius 1 is 1.12 bits per heavy atom. The topological polar surface area (TPSA) is 84.5 Å². The third kappa shape index (κ3) is 4.81. The minimum absolute atomic E-state index is 0.0497. The van der Waals surface area contributed by atoms with Crippen molar-refractivity contribution in [2.45, 2.75) is 11.8 Å². The van der Waals surface area contributed by atoms with Crippen molar-refractivity contribution >= 4 is 15.9 Å². The van der Waals surface area contributed by atoms with Gasteiger partial charge in [0.05, 0.1) is 11.4 Å².